The highest BCUT2D eigenvalue weighted by molar-refractivity contribution is 9.10. The summed E-state index contributed by atoms with van der Waals surface area (Å²) >= 11 is 3.38. The van der Waals surface area contributed by atoms with Crippen molar-refractivity contribution in [2.75, 3.05) is 6.61 Å². The summed E-state index contributed by atoms with van der Waals surface area (Å²) in [6.45, 7) is 0.988. The minimum Gasteiger partial charge on any atom is -0.376 e. The van der Waals surface area contributed by atoms with Crippen LogP contribution in [0.4, 0.5) is 0 Å². The quantitative estimate of drug-likeness (QED) is 0.879. The van der Waals surface area contributed by atoms with E-state index in [2.05, 4.69) is 25.9 Å². The minimum atomic E-state index is -0.0994. The summed E-state index contributed by atoms with van der Waals surface area (Å²) in [4.78, 5) is 19.3. The number of halogens is 1. The van der Waals surface area contributed by atoms with E-state index in [4.69, 9.17) is 4.74 Å². The van der Waals surface area contributed by atoms with Gasteiger partial charge in [-0.15, -0.1) is 0 Å². The maximum Gasteiger partial charge on any atom is 0.256 e. The number of hydrogen-bond donors (Lipinski definition) is 1. The highest BCUT2D eigenvalue weighted by Gasteiger charge is 2.16. The second-order valence-electron chi connectivity index (χ2n) is 4.15. The van der Waals surface area contributed by atoms with E-state index in [1.807, 2.05) is 24.3 Å². The lowest BCUT2D eigenvalue weighted by atomic mass is 10.1. The number of ether oxygens (including phenoxy) is 1. The van der Waals surface area contributed by atoms with Gasteiger partial charge in [0.1, 0.15) is 5.82 Å². The summed E-state index contributed by atoms with van der Waals surface area (Å²) < 4.78 is 6.27. The standard InChI is InChI=1S/C13H11BrN2O2/c14-9-3-1-8(2-4-9)12-15-11-5-6-18-7-10(11)13(17)16-12/h1-4H,5-7H2,(H,15,16,17). The average molecular weight is 307 g/mol. The third kappa shape index (κ3) is 2.11. The lowest BCUT2D eigenvalue weighted by molar-refractivity contribution is 0.108. The van der Waals surface area contributed by atoms with Crippen molar-refractivity contribution in [1.29, 1.82) is 0 Å². The SMILES string of the molecule is O=c1[nH]c(-c2ccc(Br)cc2)nc2c1COCC2. The van der Waals surface area contributed by atoms with Crippen LogP contribution in [0.1, 0.15) is 11.3 Å². The van der Waals surface area contributed by atoms with Gasteiger partial charge >= 0.3 is 0 Å². The fourth-order valence-corrected chi connectivity index (χ4v) is 2.25. The summed E-state index contributed by atoms with van der Waals surface area (Å²) in [5.74, 6) is 0.619. The van der Waals surface area contributed by atoms with E-state index in [0.717, 1.165) is 15.7 Å². The summed E-state index contributed by atoms with van der Waals surface area (Å²) in [6.07, 6.45) is 0.697. The lowest BCUT2D eigenvalue weighted by Gasteiger charge is -2.15. The van der Waals surface area contributed by atoms with Crippen LogP contribution in [0.5, 0.6) is 0 Å². The Morgan fingerprint density at radius 2 is 2.06 bits per heavy atom. The molecule has 0 amide bonds. The summed E-state index contributed by atoms with van der Waals surface area (Å²) in [5.41, 5.74) is 2.31. The summed E-state index contributed by atoms with van der Waals surface area (Å²) in [6, 6.07) is 7.71. The van der Waals surface area contributed by atoms with Crippen molar-refractivity contribution in [3.05, 3.63) is 50.3 Å². The van der Waals surface area contributed by atoms with Crippen LogP contribution >= 0.6 is 15.9 Å². The molecule has 0 spiro atoms. The van der Waals surface area contributed by atoms with Crippen molar-refractivity contribution in [2.45, 2.75) is 13.0 Å². The zero-order valence-electron chi connectivity index (χ0n) is 9.57. The van der Waals surface area contributed by atoms with Crippen LogP contribution < -0.4 is 5.56 Å². The van der Waals surface area contributed by atoms with Crippen molar-refractivity contribution in [3.63, 3.8) is 0 Å². The Labute approximate surface area is 112 Å². The molecule has 0 radical (unpaired) electrons. The first-order chi connectivity index (χ1) is 8.74. The molecule has 1 aliphatic rings. The van der Waals surface area contributed by atoms with Crippen LogP contribution in [0, 0.1) is 0 Å². The first-order valence-corrected chi connectivity index (χ1v) is 6.49. The number of aromatic nitrogens is 2. The van der Waals surface area contributed by atoms with Crippen LogP contribution in [-0.4, -0.2) is 16.6 Å². The van der Waals surface area contributed by atoms with Gasteiger partial charge < -0.3 is 9.72 Å². The molecule has 92 valence electrons. The number of benzene rings is 1. The third-order valence-electron chi connectivity index (χ3n) is 2.95. The Hall–Kier alpha value is -1.46. The number of H-pyrrole nitrogens is 1. The van der Waals surface area contributed by atoms with Gasteiger partial charge in [0.05, 0.1) is 24.5 Å². The van der Waals surface area contributed by atoms with Crippen LogP contribution in [0.25, 0.3) is 11.4 Å². The predicted molar refractivity (Wildman–Crippen MR) is 71.4 cm³/mol. The normalized spacial score (nSPS) is 14.3. The smallest absolute Gasteiger partial charge is 0.256 e. The molecule has 1 aromatic carbocycles. The predicted octanol–water partition coefficient (Wildman–Crippen LogP) is 2.27. The molecule has 0 atom stereocenters. The lowest BCUT2D eigenvalue weighted by Crippen LogP contribution is -2.24. The minimum absolute atomic E-state index is 0.0994. The molecule has 1 aromatic heterocycles. The van der Waals surface area contributed by atoms with Gasteiger partial charge in [-0.1, -0.05) is 28.1 Å². The maximum atomic E-state index is 11.9. The fourth-order valence-electron chi connectivity index (χ4n) is 1.99. The first-order valence-electron chi connectivity index (χ1n) is 5.70. The Bertz CT molecular complexity index is 634. The van der Waals surface area contributed by atoms with Gasteiger partial charge in [0.25, 0.3) is 5.56 Å². The second-order valence-corrected chi connectivity index (χ2v) is 5.06. The first kappa shape index (κ1) is 11.6. The number of hydrogen-bond acceptors (Lipinski definition) is 3. The van der Waals surface area contributed by atoms with Gasteiger partial charge in [-0.25, -0.2) is 4.98 Å². The Balaban J connectivity index is 2.11. The van der Waals surface area contributed by atoms with E-state index >= 15 is 0 Å². The molecule has 0 bridgehead atoms. The van der Waals surface area contributed by atoms with Gasteiger partial charge in [-0.2, -0.15) is 0 Å². The Morgan fingerprint density at radius 3 is 2.83 bits per heavy atom. The van der Waals surface area contributed by atoms with E-state index in [0.29, 0.717) is 31.0 Å². The van der Waals surface area contributed by atoms with Crippen LogP contribution in [-0.2, 0) is 17.8 Å². The average Bonchev–Trinajstić information content (AvgIpc) is 2.39. The molecule has 18 heavy (non-hydrogen) atoms. The van der Waals surface area contributed by atoms with Crippen LogP contribution in [0.3, 0.4) is 0 Å². The molecule has 2 heterocycles. The molecular formula is C13H11BrN2O2. The Kier molecular flexibility index (Phi) is 3.01. The molecule has 0 aliphatic carbocycles. The van der Waals surface area contributed by atoms with Crippen molar-refractivity contribution in [2.24, 2.45) is 0 Å². The van der Waals surface area contributed by atoms with Gasteiger partial charge in [0.15, 0.2) is 0 Å². The van der Waals surface area contributed by atoms with Crippen LogP contribution in [0.15, 0.2) is 33.5 Å². The number of aromatic amines is 1. The number of nitrogens with one attached hydrogen (secondary N) is 1. The van der Waals surface area contributed by atoms with E-state index in [1.54, 1.807) is 0 Å². The van der Waals surface area contributed by atoms with E-state index < -0.39 is 0 Å². The molecule has 4 nitrogen and oxygen atoms in total. The number of rotatable bonds is 1. The van der Waals surface area contributed by atoms with Gasteiger partial charge in [0.2, 0.25) is 0 Å². The monoisotopic (exact) mass is 306 g/mol. The summed E-state index contributed by atoms with van der Waals surface area (Å²) in [7, 11) is 0. The van der Waals surface area contributed by atoms with E-state index in [9.17, 15) is 4.79 Å². The van der Waals surface area contributed by atoms with Crippen molar-refractivity contribution in [3.8, 4) is 11.4 Å². The molecule has 0 fully saturated rings. The summed E-state index contributed by atoms with van der Waals surface area (Å²) in [5, 5.41) is 0. The van der Waals surface area contributed by atoms with Gasteiger partial charge in [0, 0.05) is 16.5 Å². The van der Waals surface area contributed by atoms with Gasteiger partial charge in [-0.3, -0.25) is 4.79 Å². The number of fused-ring (bicyclic) bond motifs is 1. The largest absolute Gasteiger partial charge is 0.376 e. The molecular weight excluding hydrogens is 296 g/mol. The molecule has 0 saturated heterocycles. The molecule has 5 heteroatoms. The zero-order valence-corrected chi connectivity index (χ0v) is 11.2. The molecule has 0 unspecified atom stereocenters. The highest BCUT2D eigenvalue weighted by Crippen LogP contribution is 2.19. The molecule has 2 aromatic rings. The molecule has 3 rings (SSSR count). The molecule has 1 N–H and O–H groups in total. The van der Waals surface area contributed by atoms with E-state index in [-0.39, 0.29) is 5.56 Å². The number of nitrogens with zero attached hydrogens (tertiary/aromatic N) is 1. The maximum absolute atomic E-state index is 11.9. The van der Waals surface area contributed by atoms with Crippen LogP contribution in [0.2, 0.25) is 0 Å². The molecule has 0 saturated carbocycles. The topological polar surface area (TPSA) is 55.0 Å². The van der Waals surface area contributed by atoms with Gasteiger partial charge in [-0.05, 0) is 12.1 Å². The zero-order chi connectivity index (χ0) is 12.5. The third-order valence-corrected chi connectivity index (χ3v) is 3.48. The highest BCUT2D eigenvalue weighted by atomic mass is 79.9. The second kappa shape index (κ2) is 4.66. The Morgan fingerprint density at radius 1 is 1.28 bits per heavy atom. The molecule has 1 aliphatic heterocycles. The van der Waals surface area contributed by atoms with E-state index in [1.165, 1.54) is 0 Å². The van der Waals surface area contributed by atoms with Crippen molar-refractivity contribution < 1.29 is 4.74 Å². The van der Waals surface area contributed by atoms with Crippen molar-refractivity contribution in [1.82, 2.24) is 9.97 Å². The van der Waals surface area contributed by atoms with Crippen molar-refractivity contribution >= 4 is 15.9 Å². The fraction of sp³-hybridized carbons (Fsp3) is 0.231.